The zero-order valence-electron chi connectivity index (χ0n) is 7.54. The molecule has 0 saturated carbocycles. The van der Waals surface area contributed by atoms with E-state index in [1.165, 1.54) is 0 Å². The Hall–Kier alpha value is -1.22. The molecule has 0 aromatic carbocycles. The van der Waals surface area contributed by atoms with E-state index in [1.807, 2.05) is 0 Å². The minimum atomic E-state index is -0.824. The molecule has 0 unspecified atom stereocenters. The smallest absolute Gasteiger partial charge is 0.295 e. The molecule has 0 spiro atoms. The lowest BCUT2D eigenvalue weighted by Crippen LogP contribution is -2.41. The first-order chi connectivity index (χ1) is 6.56. The summed E-state index contributed by atoms with van der Waals surface area (Å²) in [5, 5.41) is 9.58. The molecule has 1 atom stereocenters. The predicted octanol–water partition coefficient (Wildman–Crippen LogP) is -2.13. The molecule has 0 radical (unpaired) electrons. The van der Waals surface area contributed by atoms with Gasteiger partial charge in [-0.3, -0.25) is 19.6 Å². The Morgan fingerprint density at radius 1 is 1.93 bits per heavy atom. The van der Waals surface area contributed by atoms with E-state index in [9.17, 15) is 9.59 Å². The largest absolute Gasteiger partial charge is 0.318 e. The summed E-state index contributed by atoms with van der Waals surface area (Å²) in [4.78, 5) is 31.1. The number of hydroxylamine groups is 4. The Labute approximate surface area is 79.6 Å². The monoisotopic (exact) mass is 205 g/mol. The molecule has 14 heavy (non-hydrogen) atoms. The molecule has 1 aliphatic rings. The molecular weight excluding hydrogens is 194 g/mol. The van der Waals surface area contributed by atoms with Gasteiger partial charge in [0.2, 0.25) is 0 Å². The normalized spacial score (nSPS) is 21.5. The van der Waals surface area contributed by atoms with Gasteiger partial charge in [-0.2, -0.15) is 0 Å². The van der Waals surface area contributed by atoms with Crippen LogP contribution in [-0.4, -0.2) is 53.6 Å². The first-order valence-electron chi connectivity index (χ1n) is 3.82. The Balaban J connectivity index is 2.45. The molecule has 0 aromatic heterocycles. The van der Waals surface area contributed by atoms with Crippen molar-refractivity contribution in [3.63, 3.8) is 0 Å². The van der Waals surface area contributed by atoms with Crippen LogP contribution in [0.5, 0.6) is 0 Å². The number of nitrogens with zero attached hydrogens (tertiary/aromatic N) is 2. The van der Waals surface area contributed by atoms with Gasteiger partial charge in [-0.1, -0.05) is 5.23 Å². The average Bonchev–Trinajstić information content (AvgIpc) is 2.48. The third-order valence-electron chi connectivity index (χ3n) is 1.64. The van der Waals surface area contributed by atoms with Crippen LogP contribution in [-0.2, 0) is 19.3 Å². The van der Waals surface area contributed by atoms with Gasteiger partial charge in [0, 0.05) is 0 Å². The van der Waals surface area contributed by atoms with Crippen molar-refractivity contribution in [3.8, 4) is 0 Å². The second-order valence-corrected chi connectivity index (χ2v) is 2.63. The summed E-state index contributed by atoms with van der Waals surface area (Å²) in [7, 11) is 1.11. The van der Waals surface area contributed by atoms with Crippen molar-refractivity contribution in [3.05, 3.63) is 0 Å². The number of amides is 2. The topological polar surface area (TPSA) is 105 Å². The molecule has 0 aromatic rings. The minimum absolute atomic E-state index is 0.0144. The number of nitrogens with two attached hydrogens (primary N) is 1. The third kappa shape index (κ3) is 2.17. The van der Waals surface area contributed by atoms with Gasteiger partial charge in [0.05, 0.1) is 13.7 Å². The Morgan fingerprint density at radius 3 is 3.00 bits per heavy atom. The van der Waals surface area contributed by atoms with E-state index in [4.69, 9.17) is 15.8 Å². The maximum absolute atomic E-state index is 11.1. The molecule has 3 N–H and O–H groups in total. The minimum Gasteiger partial charge on any atom is -0.318 e. The number of hydrogen-bond donors (Lipinski definition) is 2. The van der Waals surface area contributed by atoms with Crippen LogP contribution in [0.2, 0.25) is 0 Å². The highest BCUT2D eigenvalue weighted by atomic mass is 16.9. The van der Waals surface area contributed by atoms with Crippen molar-refractivity contribution < 1.29 is 24.5 Å². The van der Waals surface area contributed by atoms with Crippen LogP contribution in [0.4, 0.5) is 0 Å². The molecule has 0 bridgehead atoms. The quantitative estimate of drug-likeness (QED) is 0.402. The van der Waals surface area contributed by atoms with E-state index in [0.717, 1.165) is 12.2 Å². The Bertz CT molecular complexity index is 246. The maximum Gasteiger partial charge on any atom is 0.295 e. The number of carbonyl (C=O) groups excluding carboxylic acids is 2. The van der Waals surface area contributed by atoms with Gasteiger partial charge < -0.3 is 5.73 Å². The number of rotatable bonds is 3. The molecule has 8 nitrogen and oxygen atoms in total. The second kappa shape index (κ2) is 4.33. The average molecular weight is 205 g/mol. The van der Waals surface area contributed by atoms with Crippen LogP contribution in [0.25, 0.3) is 0 Å². The van der Waals surface area contributed by atoms with Gasteiger partial charge in [-0.05, 0) is 0 Å². The van der Waals surface area contributed by atoms with E-state index in [0.29, 0.717) is 0 Å². The van der Waals surface area contributed by atoms with Gasteiger partial charge in [-0.15, -0.1) is 0 Å². The highest BCUT2D eigenvalue weighted by Gasteiger charge is 2.32. The summed E-state index contributed by atoms with van der Waals surface area (Å²) in [6, 6.07) is -0.752. The molecule has 1 aliphatic heterocycles. The van der Waals surface area contributed by atoms with Crippen molar-refractivity contribution in [1.82, 2.24) is 10.3 Å². The van der Waals surface area contributed by atoms with Crippen molar-refractivity contribution in [2.45, 2.75) is 6.04 Å². The summed E-state index contributed by atoms with van der Waals surface area (Å²) < 4.78 is 0. The number of carbonyl (C=O) groups is 2. The van der Waals surface area contributed by atoms with Crippen LogP contribution in [0, 0.1) is 0 Å². The van der Waals surface area contributed by atoms with Crippen molar-refractivity contribution >= 4 is 11.8 Å². The lowest BCUT2D eigenvalue weighted by molar-refractivity contribution is -0.304. The predicted molar refractivity (Wildman–Crippen MR) is 41.3 cm³/mol. The van der Waals surface area contributed by atoms with Gasteiger partial charge in [-0.25, -0.2) is 9.90 Å². The van der Waals surface area contributed by atoms with Crippen molar-refractivity contribution in [2.75, 3.05) is 20.3 Å². The van der Waals surface area contributed by atoms with Crippen molar-refractivity contribution in [2.24, 2.45) is 5.73 Å². The fourth-order valence-corrected chi connectivity index (χ4v) is 0.899. The Kier molecular flexibility index (Phi) is 3.36. The lowest BCUT2D eigenvalue weighted by atomic mass is 10.3. The summed E-state index contributed by atoms with van der Waals surface area (Å²) >= 11 is 0. The highest BCUT2D eigenvalue weighted by molar-refractivity contribution is 5.87. The van der Waals surface area contributed by atoms with Crippen LogP contribution >= 0.6 is 0 Å². The maximum atomic E-state index is 11.1. The lowest BCUT2D eigenvalue weighted by Gasteiger charge is -2.16. The first kappa shape index (κ1) is 10.9. The molecular formula is C6H11N3O5. The van der Waals surface area contributed by atoms with Gasteiger partial charge >= 0.3 is 0 Å². The molecule has 0 aliphatic carbocycles. The van der Waals surface area contributed by atoms with E-state index >= 15 is 0 Å². The molecule has 1 fully saturated rings. The zero-order chi connectivity index (χ0) is 10.7. The third-order valence-corrected chi connectivity index (χ3v) is 1.64. The summed E-state index contributed by atoms with van der Waals surface area (Å²) in [5.41, 5.74) is 5.32. The van der Waals surface area contributed by atoms with E-state index in [-0.39, 0.29) is 11.8 Å². The highest BCUT2D eigenvalue weighted by Crippen LogP contribution is 2.05. The molecule has 1 rings (SSSR count). The van der Waals surface area contributed by atoms with Gasteiger partial charge in [0.25, 0.3) is 11.8 Å². The molecule has 1 heterocycles. The van der Waals surface area contributed by atoms with E-state index in [1.54, 1.807) is 0 Å². The second-order valence-electron chi connectivity index (χ2n) is 2.63. The molecule has 2 amide bonds. The summed E-state index contributed by atoms with van der Waals surface area (Å²) in [6.07, 6.45) is 0. The van der Waals surface area contributed by atoms with E-state index in [2.05, 4.69) is 4.84 Å². The molecule has 1 saturated heterocycles. The summed E-state index contributed by atoms with van der Waals surface area (Å²) in [5.74, 6) is -1.32. The number of hydrogen-bond acceptors (Lipinski definition) is 6. The van der Waals surface area contributed by atoms with Gasteiger partial charge in [0.15, 0.2) is 0 Å². The Morgan fingerprint density at radius 2 is 2.57 bits per heavy atom. The molecule has 80 valence electrons. The van der Waals surface area contributed by atoms with E-state index < -0.39 is 24.4 Å². The summed E-state index contributed by atoms with van der Waals surface area (Å²) in [6.45, 7) is -0.401. The van der Waals surface area contributed by atoms with Crippen LogP contribution in [0.15, 0.2) is 0 Å². The zero-order valence-corrected chi connectivity index (χ0v) is 7.54. The standard InChI is InChI=1S/C6H11N3O5/c1-13-9(12)5(10)2-8-6(11)4(7)3-14-8/h4,12H,2-3,7H2,1H3/t4-/m1/s1. The first-order valence-corrected chi connectivity index (χ1v) is 3.82. The van der Waals surface area contributed by atoms with Gasteiger partial charge in [0.1, 0.15) is 12.6 Å². The molecule has 8 heteroatoms. The van der Waals surface area contributed by atoms with Crippen LogP contribution in [0.3, 0.4) is 0 Å². The fourth-order valence-electron chi connectivity index (χ4n) is 0.899. The SMILES string of the molecule is CON(O)C(=O)CN1OC[C@@H](N)C1=O. The van der Waals surface area contributed by atoms with Crippen LogP contribution < -0.4 is 5.73 Å². The fraction of sp³-hybridized carbons (Fsp3) is 0.667. The van der Waals surface area contributed by atoms with Crippen molar-refractivity contribution in [1.29, 1.82) is 0 Å². The van der Waals surface area contributed by atoms with Crippen LogP contribution in [0.1, 0.15) is 0 Å².